The molecule has 0 N–H and O–H groups in total. The number of aryl methyl sites for hydroxylation is 2. The molecule has 0 fully saturated rings. The van der Waals surface area contributed by atoms with Crippen LogP contribution in [0.4, 0.5) is 0 Å². The molecule has 0 saturated heterocycles. The van der Waals surface area contributed by atoms with Crippen LogP contribution in [-0.4, -0.2) is 38.4 Å². The number of rotatable bonds is 6. The molecule has 0 bridgehead atoms. The zero-order valence-corrected chi connectivity index (χ0v) is 13.5. The van der Waals surface area contributed by atoms with Crippen molar-refractivity contribution in [1.29, 1.82) is 0 Å². The van der Waals surface area contributed by atoms with Gasteiger partial charge in [-0.05, 0) is 32.4 Å². The molecule has 5 nitrogen and oxygen atoms in total. The normalized spacial score (nSPS) is 11.0. The van der Waals surface area contributed by atoms with Crippen molar-refractivity contribution in [1.82, 2.24) is 19.4 Å². The molecule has 2 aromatic rings. The van der Waals surface area contributed by atoms with Crippen LogP contribution in [0.3, 0.4) is 0 Å². The number of amides is 1. The highest BCUT2D eigenvalue weighted by Crippen LogP contribution is 2.19. The van der Waals surface area contributed by atoms with Gasteiger partial charge in [0.2, 0.25) is 5.91 Å². The van der Waals surface area contributed by atoms with Crippen molar-refractivity contribution in [2.45, 2.75) is 39.6 Å². The summed E-state index contributed by atoms with van der Waals surface area (Å²) in [6.07, 6.45) is 2.20. The van der Waals surface area contributed by atoms with Gasteiger partial charge in [-0.15, -0.1) is 11.6 Å². The van der Waals surface area contributed by atoms with Crippen LogP contribution in [0.25, 0.3) is 11.2 Å². The van der Waals surface area contributed by atoms with Crippen LogP contribution in [0.15, 0.2) is 12.3 Å². The van der Waals surface area contributed by atoms with E-state index in [1.54, 1.807) is 6.20 Å². The second-order valence-corrected chi connectivity index (χ2v) is 5.20. The minimum Gasteiger partial charge on any atom is -0.343 e. The van der Waals surface area contributed by atoms with E-state index in [2.05, 4.69) is 9.97 Å². The Balaban J connectivity index is 2.25. The van der Waals surface area contributed by atoms with Crippen molar-refractivity contribution < 1.29 is 4.79 Å². The van der Waals surface area contributed by atoms with Gasteiger partial charge >= 0.3 is 0 Å². The third-order valence-corrected chi connectivity index (χ3v) is 3.94. The van der Waals surface area contributed by atoms with Crippen LogP contribution in [0.2, 0.25) is 0 Å². The molecule has 0 atom stereocenters. The molecule has 0 spiro atoms. The molecule has 114 valence electrons. The van der Waals surface area contributed by atoms with Crippen LogP contribution in [0.1, 0.15) is 31.7 Å². The molecule has 2 aromatic heterocycles. The largest absolute Gasteiger partial charge is 0.343 e. The van der Waals surface area contributed by atoms with Crippen molar-refractivity contribution in [3.05, 3.63) is 23.7 Å². The van der Waals surface area contributed by atoms with Gasteiger partial charge in [-0.25, -0.2) is 9.97 Å². The SMILES string of the molecule is CCN(CC)C(=O)CCn1c(CCl)nc2c(C)ccnc21. The summed E-state index contributed by atoms with van der Waals surface area (Å²) in [6.45, 7) is 8.01. The maximum Gasteiger partial charge on any atom is 0.224 e. The van der Waals surface area contributed by atoms with Gasteiger partial charge in [0.1, 0.15) is 11.3 Å². The van der Waals surface area contributed by atoms with Crippen molar-refractivity contribution in [3.63, 3.8) is 0 Å². The molecule has 0 saturated carbocycles. The Hall–Kier alpha value is -1.62. The number of imidazole rings is 1. The topological polar surface area (TPSA) is 51.0 Å². The number of hydrogen-bond donors (Lipinski definition) is 0. The molecule has 2 heterocycles. The Morgan fingerprint density at radius 3 is 2.71 bits per heavy atom. The summed E-state index contributed by atoms with van der Waals surface area (Å²) >= 11 is 5.98. The first kappa shape index (κ1) is 15.8. The average molecular weight is 309 g/mol. The van der Waals surface area contributed by atoms with Gasteiger partial charge in [0, 0.05) is 32.3 Å². The first-order valence-electron chi connectivity index (χ1n) is 7.26. The minimum atomic E-state index is 0.148. The standard InChI is InChI=1S/C15H21ClN4O/c1-4-19(5-2)13(21)7-9-20-12(10-16)18-14-11(3)6-8-17-15(14)20/h6,8H,4-5,7,9-10H2,1-3H3. The molecular weight excluding hydrogens is 288 g/mol. The summed E-state index contributed by atoms with van der Waals surface area (Å²) in [5.74, 6) is 1.23. The molecular formula is C15H21ClN4O. The quantitative estimate of drug-likeness (QED) is 0.771. The molecule has 21 heavy (non-hydrogen) atoms. The number of aromatic nitrogens is 3. The van der Waals surface area contributed by atoms with Crippen LogP contribution >= 0.6 is 11.6 Å². The number of alkyl halides is 1. The molecule has 6 heteroatoms. The van der Waals surface area contributed by atoms with Gasteiger partial charge in [-0.2, -0.15) is 0 Å². The van der Waals surface area contributed by atoms with Gasteiger partial charge in [0.25, 0.3) is 0 Å². The predicted molar refractivity (Wildman–Crippen MR) is 84.4 cm³/mol. The summed E-state index contributed by atoms with van der Waals surface area (Å²) in [4.78, 5) is 22.9. The van der Waals surface area contributed by atoms with Crippen LogP contribution in [-0.2, 0) is 17.2 Å². The first-order chi connectivity index (χ1) is 10.1. The highest BCUT2D eigenvalue weighted by molar-refractivity contribution is 6.16. The van der Waals surface area contributed by atoms with E-state index in [0.29, 0.717) is 18.8 Å². The van der Waals surface area contributed by atoms with Crippen molar-refractivity contribution >= 4 is 28.7 Å². The van der Waals surface area contributed by atoms with E-state index in [1.165, 1.54) is 0 Å². The minimum absolute atomic E-state index is 0.148. The van der Waals surface area contributed by atoms with Crippen molar-refractivity contribution in [2.75, 3.05) is 13.1 Å². The Morgan fingerprint density at radius 2 is 2.10 bits per heavy atom. The second-order valence-electron chi connectivity index (χ2n) is 4.93. The highest BCUT2D eigenvalue weighted by Gasteiger charge is 2.15. The summed E-state index contributed by atoms with van der Waals surface area (Å²) < 4.78 is 1.96. The Morgan fingerprint density at radius 1 is 1.38 bits per heavy atom. The maximum atomic E-state index is 12.1. The molecule has 0 aromatic carbocycles. The maximum absolute atomic E-state index is 12.1. The average Bonchev–Trinajstić information content (AvgIpc) is 2.85. The second kappa shape index (κ2) is 6.89. The van der Waals surface area contributed by atoms with Gasteiger partial charge in [-0.1, -0.05) is 0 Å². The van der Waals surface area contributed by atoms with E-state index in [-0.39, 0.29) is 5.91 Å². The molecule has 0 aliphatic heterocycles. The Kier molecular flexibility index (Phi) is 5.17. The predicted octanol–water partition coefficient (Wildman–Crippen LogP) is 2.74. The van der Waals surface area contributed by atoms with E-state index >= 15 is 0 Å². The summed E-state index contributed by atoms with van der Waals surface area (Å²) in [6, 6.07) is 1.93. The lowest BCUT2D eigenvalue weighted by molar-refractivity contribution is -0.131. The molecule has 0 radical (unpaired) electrons. The zero-order valence-electron chi connectivity index (χ0n) is 12.8. The fraction of sp³-hybridized carbons (Fsp3) is 0.533. The smallest absolute Gasteiger partial charge is 0.224 e. The van der Waals surface area contributed by atoms with Crippen LogP contribution in [0.5, 0.6) is 0 Å². The third-order valence-electron chi connectivity index (χ3n) is 3.70. The number of carbonyl (C=O) groups excluding carboxylic acids is 1. The van der Waals surface area contributed by atoms with Crippen LogP contribution in [0, 0.1) is 6.92 Å². The summed E-state index contributed by atoms with van der Waals surface area (Å²) in [5, 5.41) is 0. The lowest BCUT2D eigenvalue weighted by Gasteiger charge is -2.18. The fourth-order valence-corrected chi connectivity index (χ4v) is 2.67. The summed E-state index contributed by atoms with van der Waals surface area (Å²) in [7, 11) is 0. The molecule has 2 rings (SSSR count). The first-order valence-corrected chi connectivity index (χ1v) is 7.80. The van der Waals surface area contributed by atoms with Gasteiger partial charge in [0.15, 0.2) is 5.65 Å². The summed E-state index contributed by atoms with van der Waals surface area (Å²) in [5.41, 5.74) is 2.74. The lowest BCUT2D eigenvalue weighted by atomic mass is 10.3. The van der Waals surface area contributed by atoms with Crippen LogP contribution < -0.4 is 0 Å². The molecule has 0 aliphatic carbocycles. The molecule has 1 amide bonds. The number of fused-ring (bicyclic) bond motifs is 1. The number of nitrogens with zero attached hydrogens (tertiary/aromatic N) is 4. The number of pyridine rings is 1. The molecule has 0 unspecified atom stereocenters. The Labute approximate surface area is 129 Å². The van der Waals surface area contributed by atoms with Gasteiger partial charge < -0.3 is 9.47 Å². The van der Waals surface area contributed by atoms with E-state index in [0.717, 1.165) is 35.6 Å². The van der Waals surface area contributed by atoms with E-state index in [1.807, 2.05) is 36.3 Å². The Bertz CT molecular complexity index is 634. The monoisotopic (exact) mass is 308 g/mol. The highest BCUT2D eigenvalue weighted by atomic mass is 35.5. The van der Waals surface area contributed by atoms with Gasteiger partial charge in [-0.3, -0.25) is 4.79 Å². The molecule has 0 aliphatic rings. The number of carbonyl (C=O) groups is 1. The van der Waals surface area contributed by atoms with Crippen molar-refractivity contribution in [3.8, 4) is 0 Å². The van der Waals surface area contributed by atoms with E-state index in [4.69, 9.17) is 11.6 Å². The van der Waals surface area contributed by atoms with Gasteiger partial charge in [0.05, 0.1) is 5.88 Å². The third kappa shape index (κ3) is 3.18. The van der Waals surface area contributed by atoms with Crippen molar-refractivity contribution in [2.24, 2.45) is 0 Å². The number of hydrogen-bond acceptors (Lipinski definition) is 3. The fourth-order valence-electron chi connectivity index (χ4n) is 2.46. The van der Waals surface area contributed by atoms with E-state index in [9.17, 15) is 4.79 Å². The zero-order chi connectivity index (χ0) is 15.4. The number of halogens is 1. The van der Waals surface area contributed by atoms with E-state index < -0.39 is 0 Å². The lowest BCUT2D eigenvalue weighted by Crippen LogP contribution is -2.31.